The SMILES string of the molecule is Fc1cccc2c1oc1c(-c3nc4ccccc4n3-c3ccccc3)[c-]ccc12.[CH3][Ge]([CH3])([CH3])[c]1ccc(-c2[c-]cccc2)nc1.[Ir]. The Balaban J connectivity index is 0.000000187. The smallest absolute Gasteiger partial charge is 0 e. The first-order valence-corrected chi connectivity index (χ1v) is 22.2. The number of fused-ring (bicyclic) bond motifs is 4. The van der Waals surface area contributed by atoms with Crippen LogP contribution in [0.15, 0.2) is 132 Å². The van der Waals surface area contributed by atoms with Crippen molar-refractivity contribution in [3.63, 3.8) is 0 Å². The molecule has 46 heavy (non-hydrogen) atoms. The molecule has 0 spiro atoms. The maximum atomic E-state index is 14.3. The largest absolute Gasteiger partial charge is 0 e. The van der Waals surface area contributed by atoms with E-state index < -0.39 is 13.3 Å². The zero-order chi connectivity index (χ0) is 31.0. The molecule has 8 aromatic rings. The van der Waals surface area contributed by atoms with Crippen LogP contribution in [0, 0.1) is 17.9 Å². The number of para-hydroxylation sites is 4. The van der Waals surface area contributed by atoms with Gasteiger partial charge in [0.2, 0.25) is 0 Å². The Labute approximate surface area is 283 Å². The average molecular weight is 841 g/mol. The summed E-state index contributed by atoms with van der Waals surface area (Å²) in [4.78, 5) is 9.41. The zero-order valence-corrected chi connectivity index (χ0v) is 30.1. The summed E-state index contributed by atoms with van der Waals surface area (Å²) in [7, 11) is 0. The van der Waals surface area contributed by atoms with Gasteiger partial charge in [-0.1, -0.05) is 53.4 Å². The normalized spacial score (nSPS) is 11.3. The molecule has 0 aliphatic carbocycles. The summed E-state index contributed by atoms with van der Waals surface area (Å²) in [6.07, 6.45) is 2.04. The number of hydrogen-bond donors (Lipinski definition) is 0. The van der Waals surface area contributed by atoms with E-state index in [-0.39, 0.29) is 31.5 Å². The standard InChI is InChI=1S/C25H14FN2O.C14H16GeN.Ir/c26-20-13-7-11-18-17-10-6-12-19(23(17)29-24(18)20)25-27-21-14-4-5-15-22(21)28(25)16-8-2-1-3-9-16;1-15(2,3)13-9-10-14(16-11-13)12-7-5-4-6-8-12;/h1-11,13-15H;4-7,9-11H,1-3H3;/q2*-1;. The van der Waals surface area contributed by atoms with Crippen molar-refractivity contribution < 1.29 is 28.9 Å². The Kier molecular flexibility index (Phi) is 9.05. The van der Waals surface area contributed by atoms with Crippen molar-refractivity contribution >= 4 is 50.6 Å². The summed E-state index contributed by atoms with van der Waals surface area (Å²) in [5.74, 6) is 7.48. The summed E-state index contributed by atoms with van der Waals surface area (Å²) in [5.41, 5.74) is 6.47. The van der Waals surface area contributed by atoms with Crippen LogP contribution in [0.4, 0.5) is 4.39 Å². The molecule has 0 bridgehead atoms. The Morgan fingerprint density at radius 2 is 1.48 bits per heavy atom. The first-order valence-electron chi connectivity index (χ1n) is 14.9. The topological polar surface area (TPSA) is 43.9 Å². The second kappa shape index (κ2) is 13.2. The number of pyridine rings is 1. The van der Waals surface area contributed by atoms with E-state index in [4.69, 9.17) is 9.40 Å². The van der Waals surface area contributed by atoms with E-state index in [9.17, 15) is 4.39 Å². The van der Waals surface area contributed by atoms with Gasteiger partial charge in [0.1, 0.15) is 0 Å². The van der Waals surface area contributed by atoms with Crippen LogP contribution < -0.4 is 4.40 Å². The Bertz CT molecular complexity index is 2260. The van der Waals surface area contributed by atoms with Crippen LogP contribution in [0.3, 0.4) is 0 Å². The minimum Gasteiger partial charge on any atom is 0 e. The first kappa shape index (κ1) is 31.6. The fraction of sp³-hybridized carbons (Fsp3) is 0.0769. The van der Waals surface area contributed by atoms with E-state index >= 15 is 0 Å². The first-order chi connectivity index (χ1) is 21.9. The van der Waals surface area contributed by atoms with Crippen molar-refractivity contribution in [2.24, 2.45) is 0 Å². The van der Waals surface area contributed by atoms with Gasteiger partial charge in [-0.2, -0.15) is 0 Å². The van der Waals surface area contributed by atoms with Gasteiger partial charge in [-0.25, -0.2) is 4.39 Å². The molecule has 1 radical (unpaired) electrons. The van der Waals surface area contributed by atoms with E-state index in [2.05, 4.69) is 51.1 Å². The van der Waals surface area contributed by atoms with Crippen molar-refractivity contribution in [3.8, 4) is 28.3 Å². The molecule has 0 aliphatic rings. The molecule has 3 aromatic heterocycles. The molecule has 8 rings (SSSR count). The van der Waals surface area contributed by atoms with Crippen molar-refractivity contribution in [2.45, 2.75) is 17.3 Å². The maximum Gasteiger partial charge on any atom is 0 e. The monoisotopic (exact) mass is 842 g/mol. The van der Waals surface area contributed by atoms with Gasteiger partial charge in [0.25, 0.3) is 0 Å². The molecule has 5 aromatic carbocycles. The van der Waals surface area contributed by atoms with Crippen LogP contribution in [0.2, 0.25) is 17.3 Å². The molecular weight excluding hydrogens is 810 g/mol. The Hall–Kier alpha value is -4.36. The fourth-order valence-corrected chi connectivity index (χ4v) is 7.65. The average Bonchev–Trinajstić information content (AvgIpc) is 3.65. The van der Waals surface area contributed by atoms with Crippen LogP contribution >= 0.6 is 0 Å². The third-order valence-electron chi connectivity index (χ3n) is 7.82. The number of aromatic nitrogens is 3. The summed E-state index contributed by atoms with van der Waals surface area (Å²) in [5, 5.41) is 1.59. The number of hydrogen-bond acceptors (Lipinski definition) is 3. The molecule has 0 saturated heterocycles. The number of benzene rings is 5. The maximum absolute atomic E-state index is 14.3. The van der Waals surface area contributed by atoms with Gasteiger partial charge in [-0.05, 0) is 30.3 Å². The molecule has 0 fully saturated rings. The molecule has 7 heteroatoms. The van der Waals surface area contributed by atoms with Crippen molar-refractivity contribution in [1.29, 1.82) is 0 Å². The number of imidazole rings is 1. The van der Waals surface area contributed by atoms with Gasteiger partial charge < -0.3 is 8.98 Å². The number of halogens is 1. The van der Waals surface area contributed by atoms with Crippen LogP contribution in [0.1, 0.15) is 0 Å². The molecule has 4 nitrogen and oxygen atoms in total. The molecule has 229 valence electrons. The van der Waals surface area contributed by atoms with E-state index in [1.165, 1.54) is 10.5 Å². The van der Waals surface area contributed by atoms with Crippen LogP contribution in [0.5, 0.6) is 0 Å². The predicted molar refractivity (Wildman–Crippen MR) is 184 cm³/mol. The summed E-state index contributed by atoms with van der Waals surface area (Å²) >= 11 is -1.72. The second-order valence-electron chi connectivity index (χ2n) is 11.9. The van der Waals surface area contributed by atoms with Crippen LogP contribution in [-0.4, -0.2) is 27.8 Å². The molecule has 3 heterocycles. The van der Waals surface area contributed by atoms with Crippen LogP contribution in [-0.2, 0) is 20.1 Å². The Morgan fingerprint density at radius 3 is 2.22 bits per heavy atom. The van der Waals surface area contributed by atoms with Gasteiger partial charge in [0, 0.05) is 31.2 Å². The number of furan rings is 1. The molecule has 0 saturated carbocycles. The molecule has 0 amide bonds. The van der Waals surface area contributed by atoms with Gasteiger partial charge in [0.15, 0.2) is 11.4 Å². The van der Waals surface area contributed by atoms with E-state index in [1.807, 2.05) is 103 Å². The number of nitrogens with zero attached hydrogens (tertiary/aromatic N) is 3. The summed E-state index contributed by atoms with van der Waals surface area (Å²) < 4.78 is 23.9. The fourth-order valence-electron chi connectivity index (χ4n) is 5.48. The van der Waals surface area contributed by atoms with Gasteiger partial charge in [-0.3, -0.25) is 4.98 Å². The summed E-state index contributed by atoms with van der Waals surface area (Å²) in [6.45, 7) is 0. The van der Waals surface area contributed by atoms with Crippen molar-refractivity contribution in [1.82, 2.24) is 14.5 Å². The van der Waals surface area contributed by atoms with Gasteiger partial charge in [-0.15, -0.1) is 18.2 Å². The predicted octanol–water partition coefficient (Wildman–Crippen LogP) is 9.62. The molecule has 0 atom stereocenters. The second-order valence-corrected chi connectivity index (χ2v) is 22.5. The van der Waals surface area contributed by atoms with E-state index in [0.717, 1.165) is 38.8 Å². The van der Waals surface area contributed by atoms with Gasteiger partial charge in [0.05, 0.1) is 22.4 Å². The molecule has 0 unspecified atom stereocenters. The van der Waals surface area contributed by atoms with Crippen LogP contribution in [0.25, 0.3) is 61.3 Å². The van der Waals surface area contributed by atoms with E-state index in [1.54, 1.807) is 6.07 Å². The minimum absolute atomic E-state index is 0. The summed E-state index contributed by atoms with van der Waals surface area (Å²) in [6, 6.07) is 45.5. The third kappa shape index (κ3) is 6.08. The third-order valence-corrected chi connectivity index (χ3v) is 12.1. The minimum atomic E-state index is -1.72. The number of rotatable bonds is 4. The molecular formula is C39H30FGeIrN3O-2. The van der Waals surface area contributed by atoms with E-state index in [0.29, 0.717) is 17.0 Å². The Morgan fingerprint density at radius 1 is 0.717 bits per heavy atom. The van der Waals surface area contributed by atoms with Crippen molar-refractivity contribution in [3.05, 3.63) is 145 Å². The van der Waals surface area contributed by atoms with Crippen molar-refractivity contribution in [2.75, 3.05) is 0 Å². The quantitative estimate of drug-likeness (QED) is 0.131. The van der Waals surface area contributed by atoms with Gasteiger partial charge >= 0.3 is 99.8 Å². The zero-order valence-electron chi connectivity index (χ0n) is 25.6. The molecule has 0 N–H and O–H groups in total. The molecule has 0 aliphatic heterocycles.